The average Bonchev–Trinajstić information content (AvgIpc) is 2.31. The van der Waals surface area contributed by atoms with E-state index in [1.807, 2.05) is 6.92 Å². The van der Waals surface area contributed by atoms with Crippen LogP contribution in [-0.4, -0.2) is 51.3 Å². The molecule has 1 unspecified atom stereocenters. The van der Waals surface area contributed by atoms with Crippen LogP contribution < -0.4 is 0 Å². The predicted octanol–water partition coefficient (Wildman–Crippen LogP) is 1.15. The summed E-state index contributed by atoms with van der Waals surface area (Å²) in [6.45, 7) is 5.73. The predicted molar refractivity (Wildman–Crippen MR) is 62.2 cm³/mol. The first kappa shape index (κ1) is 13.5. The Morgan fingerprint density at radius 3 is 2.50 bits per heavy atom. The van der Waals surface area contributed by atoms with Crippen LogP contribution >= 0.6 is 0 Å². The minimum absolute atomic E-state index is 0.0241. The normalized spacial score (nSPS) is 20.7. The lowest BCUT2D eigenvalue weighted by Gasteiger charge is -2.32. The van der Waals surface area contributed by atoms with E-state index < -0.39 is 0 Å². The summed E-state index contributed by atoms with van der Waals surface area (Å²) >= 11 is 0. The molecule has 1 saturated heterocycles. The summed E-state index contributed by atoms with van der Waals surface area (Å²) in [6.07, 6.45) is 2.34. The topological polar surface area (TPSA) is 38.8 Å². The lowest BCUT2D eigenvalue weighted by atomic mass is 9.97. The van der Waals surface area contributed by atoms with Gasteiger partial charge in [0.05, 0.1) is 13.0 Å². The Bertz CT molecular complexity index is 212. The molecule has 0 radical (unpaired) electrons. The number of carbonyl (C=O) groups excluding carboxylic acids is 1. The zero-order chi connectivity index (χ0) is 12.0. The van der Waals surface area contributed by atoms with Crippen molar-refractivity contribution in [3.63, 3.8) is 0 Å². The molecule has 1 aliphatic heterocycles. The van der Waals surface area contributed by atoms with Crippen molar-refractivity contribution in [3.05, 3.63) is 0 Å². The van der Waals surface area contributed by atoms with E-state index in [2.05, 4.69) is 4.90 Å². The first-order chi connectivity index (χ1) is 7.67. The van der Waals surface area contributed by atoms with Gasteiger partial charge >= 0.3 is 5.97 Å². The van der Waals surface area contributed by atoms with Gasteiger partial charge in [-0.15, -0.1) is 0 Å². The van der Waals surface area contributed by atoms with E-state index in [0.29, 0.717) is 5.92 Å². The lowest BCUT2D eigenvalue weighted by Crippen LogP contribution is -2.39. The molecule has 1 rings (SSSR count). The van der Waals surface area contributed by atoms with Crippen LogP contribution in [0.3, 0.4) is 0 Å². The number of hydrogen-bond donors (Lipinski definition) is 0. The van der Waals surface area contributed by atoms with E-state index in [1.54, 1.807) is 7.11 Å². The Hall–Kier alpha value is -0.610. The highest BCUT2D eigenvalue weighted by molar-refractivity contribution is 5.72. The molecule has 94 valence electrons. The number of carbonyl (C=O) groups is 1. The second kappa shape index (κ2) is 6.86. The quantitative estimate of drug-likeness (QED) is 0.663. The van der Waals surface area contributed by atoms with Crippen molar-refractivity contribution < 1.29 is 14.3 Å². The molecule has 4 nitrogen and oxygen atoms in total. The van der Waals surface area contributed by atoms with Gasteiger partial charge in [0.1, 0.15) is 0 Å². The van der Waals surface area contributed by atoms with E-state index in [9.17, 15) is 4.79 Å². The van der Waals surface area contributed by atoms with Crippen LogP contribution in [0.4, 0.5) is 0 Å². The van der Waals surface area contributed by atoms with Gasteiger partial charge < -0.3 is 14.4 Å². The maximum atomic E-state index is 11.3. The summed E-state index contributed by atoms with van der Waals surface area (Å²) in [6, 6.07) is 0. The molecule has 4 heteroatoms. The van der Waals surface area contributed by atoms with Crippen molar-refractivity contribution >= 4 is 5.97 Å². The van der Waals surface area contributed by atoms with Crippen LogP contribution in [0.5, 0.6) is 0 Å². The number of esters is 1. The molecule has 0 aromatic carbocycles. The van der Waals surface area contributed by atoms with Crippen molar-refractivity contribution in [2.24, 2.45) is 11.8 Å². The van der Waals surface area contributed by atoms with Gasteiger partial charge in [-0.25, -0.2) is 0 Å². The molecule has 0 N–H and O–H groups in total. The first-order valence-electron chi connectivity index (χ1n) is 5.96. The van der Waals surface area contributed by atoms with E-state index in [-0.39, 0.29) is 11.9 Å². The Morgan fingerprint density at radius 2 is 2.00 bits per heavy atom. The van der Waals surface area contributed by atoms with Crippen molar-refractivity contribution in [1.29, 1.82) is 0 Å². The summed E-state index contributed by atoms with van der Waals surface area (Å²) < 4.78 is 9.89. The van der Waals surface area contributed by atoms with Gasteiger partial charge in [-0.05, 0) is 31.8 Å². The van der Waals surface area contributed by atoms with E-state index >= 15 is 0 Å². The lowest BCUT2D eigenvalue weighted by molar-refractivity contribution is -0.145. The molecule has 0 aromatic heterocycles. The van der Waals surface area contributed by atoms with Crippen LogP contribution in [-0.2, 0) is 14.3 Å². The zero-order valence-electron chi connectivity index (χ0n) is 10.6. The molecule has 1 heterocycles. The van der Waals surface area contributed by atoms with E-state index in [0.717, 1.165) is 26.2 Å². The summed E-state index contributed by atoms with van der Waals surface area (Å²) in [7, 11) is 3.20. The molecule has 0 amide bonds. The third kappa shape index (κ3) is 4.10. The number of methoxy groups -OCH3 is 2. The minimum atomic E-state index is -0.112. The summed E-state index contributed by atoms with van der Waals surface area (Å²) in [5.74, 6) is 0.553. The Morgan fingerprint density at radius 1 is 1.38 bits per heavy atom. The molecule has 0 spiro atoms. The van der Waals surface area contributed by atoms with Crippen molar-refractivity contribution in [3.8, 4) is 0 Å². The fraction of sp³-hybridized carbons (Fsp3) is 0.917. The average molecular weight is 229 g/mol. The SMILES string of the molecule is COCC1CCN(CC(C)C(=O)OC)CC1. The zero-order valence-corrected chi connectivity index (χ0v) is 10.6. The molecule has 0 aliphatic carbocycles. The summed E-state index contributed by atoms with van der Waals surface area (Å²) in [4.78, 5) is 13.6. The second-order valence-electron chi connectivity index (χ2n) is 4.62. The van der Waals surface area contributed by atoms with Gasteiger partial charge in [-0.2, -0.15) is 0 Å². The standard InChI is InChI=1S/C12H23NO3/c1-10(12(14)16-3)8-13-6-4-11(5-7-13)9-15-2/h10-11H,4-9H2,1-3H3. The molecule has 16 heavy (non-hydrogen) atoms. The van der Waals surface area contributed by atoms with Crippen LogP contribution in [0.25, 0.3) is 0 Å². The van der Waals surface area contributed by atoms with Gasteiger partial charge in [0.15, 0.2) is 0 Å². The Kier molecular flexibility index (Phi) is 5.77. The highest BCUT2D eigenvalue weighted by Gasteiger charge is 2.22. The van der Waals surface area contributed by atoms with E-state index in [4.69, 9.17) is 9.47 Å². The highest BCUT2D eigenvalue weighted by Crippen LogP contribution is 2.18. The molecule has 1 aliphatic rings. The molecule has 1 fully saturated rings. The third-order valence-corrected chi connectivity index (χ3v) is 3.25. The van der Waals surface area contributed by atoms with Crippen LogP contribution in [0.15, 0.2) is 0 Å². The van der Waals surface area contributed by atoms with Crippen LogP contribution in [0.2, 0.25) is 0 Å². The number of likely N-dealkylation sites (tertiary alicyclic amines) is 1. The third-order valence-electron chi connectivity index (χ3n) is 3.25. The fourth-order valence-corrected chi connectivity index (χ4v) is 2.23. The van der Waals surface area contributed by atoms with Crippen molar-refractivity contribution in [2.75, 3.05) is 40.5 Å². The Balaban J connectivity index is 2.24. The molecule has 0 saturated carbocycles. The second-order valence-corrected chi connectivity index (χ2v) is 4.62. The van der Waals surface area contributed by atoms with Crippen molar-refractivity contribution in [1.82, 2.24) is 4.90 Å². The number of hydrogen-bond acceptors (Lipinski definition) is 4. The summed E-state index contributed by atoms with van der Waals surface area (Å²) in [5.41, 5.74) is 0. The molecular weight excluding hydrogens is 206 g/mol. The summed E-state index contributed by atoms with van der Waals surface area (Å²) in [5, 5.41) is 0. The van der Waals surface area contributed by atoms with Gasteiger partial charge in [0, 0.05) is 20.3 Å². The molecular formula is C12H23NO3. The van der Waals surface area contributed by atoms with Gasteiger partial charge in [-0.3, -0.25) is 4.79 Å². The molecule has 0 aromatic rings. The molecule has 1 atom stereocenters. The van der Waals surface area contributed by atoms with Gasteiger partial charge in [0.2, 0.25) is 0 Å². The number of ether oxygens (including phenoxy) is 2. The molecule has 0 bridgehead atoms. The number of nitrogens with zero attached hydrogens (tertiary/aromatic N) is 1. The minimum Gasteiger partial charge on any atom is -0.469 e. The number of piperidine rings is 1. The van der Waals surface area contributed by atoms with Crippen LogP contribution in [0, 0.1) is 11.8 Å². The monoisotopic (exact) mass is 229 g/mol. The maximum Gasteiger partial charge on any atom is 0.309 e. The van der Waals surface area contributed by atoms with Crippen molar-refractivity contribution in [2.45, 2.75) is 19.8 Å². The highest BCUT2D eigenvalue weighted by atomic mass is 16.5. The van der Waals surface area contributed by atoms with Crippen LogP contribution in [0.1, 0.15) is 19.8 Å². The van der Waals surface area contributed by atoms with Gasteiger partial charge in [0.25, 0.3) is 0 Å². The maximum absolute atomic E-state index is 11.3. The van der Waals surface area contributed by atoms with Gasteiger partial charge in [-0.1, -0.05) is 6.92 Å². The smallest absolute Gasteiger partial charge is 0.309 e. The number of rotatable bonds is 5. The Labute approximate surface area is 97.9 Å². The largest absolute Gasteiger partial charge is 0.469 e. The first-order valence-corrected chi connectivity index (χ1v) is 5.96. The fourth-order valence-electron chi connectivity index (χ4n) is 2.23. The van der Waals surface area contributed by atoms with E-state index in [1.165, 1.54) is 20.0 Å².